The van der Waals surface area contributed by atoms with Crippen LogP contribution >= 0.6 is 11.6 Å². The van der Waals surface area contributed by atoms with E-state index in [2.05, 4.69) is 4.98 Å². The Morgan fingerprint density at radius 3 is 2.79 bits per heavy atom. The van der Waals surface area contributed by atoms with E-state index in [0.29, 0.717) is 10.6 Å². The SMILES string of the molecule is O=Cc1cc(Cl)ccc1-c1ccc[nH]1. The summed E-state index contributed by atoms with van der Waals surface area (Å²) in [4.78, 5) is 13.8. The zero-order chi connectivity index (χ0) is 9.97. The predicted molar refractivity (Wildman–Crippen MR) is 56.6 cm³/mol. The van der Waals surface area contributed by atoms with Gasteiger partial charge >= 0.3 is 0 Å². The topological polar surface area (TPSA) is 32.9 Å². The Morgan fingerprint density at radius 1 is 1.29 bits per heavy atom. The van der Waals surface area contributed by atoms with Crippen LogP contribution in [0.15, 0.2) is 36.5 Å². The van der Waals surface area contributed by atoms with Crippen LogP contribution < -0.4 is 0 Å². The first-order valence-electron chi connectivity index (χ1n) is 4.20. The van der Waals surface area contributed by atoms with Crippen molar-refractivity contribution in [1.82, 2.24) is 4.98 Å². The molecule has 2 aromatic rings. The van der Waals surface area contributed by atoms with Gasteiger partial charge in [-0.2, -0.15) is 0 Å². The normalized spacial score (nSPS) is 10.1. The van der Waals surface area contributed by atoms with E-state index in [4.69, 9.17) is 11.6 Å². The number of hydrogen-bond acceptors (Lipinski definition) is 1. The molecule has 0 amide bonds. The van der Waals surface area contributed by atoms with Crippen molar-refractivity contribution in [2.75, 3.05) is 0 Å². The molecule has 14 heavy (non-hydrogen) atoms. The summed E-state index contributed by atoms with van der Waals surface area (Å²) in [5.74, 6) is 0. The van der Waals surface area contributed by atoms with Crippen LogP contribution in [0.25, 0.3) is 11.3 Å². The number of halogens is 1. The highest BCUT2D eigenvalue weighted by Gasteiger charge is 2.05. The third-order valence-corrected chi connectivity index (χ3v) is 2.26. The van der Waals surface area contributed by atoms with Crippen LogP contribution in [0.4, 0.5) is 0 Å². The van der Waals surface area contributed by atoms with Gasteiger partial charge < -0.3 is 4.98 Å². The number of hydrogen-bond donors (Lipinski definition) is 1. The molecule has 70 valence electrons. The molecule has 3 heteroatoms. The van der Waals surface area contributed by atoms with Crippen molar-refractivity contribution < 1.29 is 4.79 Å². The average molecular weight is 206 g/mol. The Morgan fingerprint density at radius 2 is 2.14 bits per heavy atom. The Kier molecular flexibility index (Phi) is 2.37. The number of carbonyl (C=O) groups excluding carboxylic acids is 1. The van der Waals surface area contributed by atoms with Crippen molar-refractivity contribution in [3.8, 4) is 11.3 Å². The number of aldehydes is 1. The maximum atomic E-state index is 10.8. The lowest BCUT2D eigenvalue weighted by atomic mass is 10.1. The van der Waals surface area contributed by atoms with Gasteiger partial charge in [0.25, 0.3) is 0 Å². The van der Waals surface area contributed by atoms with Crippen LogP contribution in [0.2, 0.25) is 5.02 Å². The molecule has 0 fully saturated rings. The molecule has 2 nitrogen and oxygen atoms in total. The molecule has 0 atom stereocenters. The molecular formula is C11H8ClNO. The minimum atomic E-state index is 0.572. The maximum absolute atomic E-state index is 10.8. The minimum absolute atomic E-state index is 0.572. The van der Waals surface area contributed by atoms with Crippen LogP contribution in [0.5, 0.6) is 0 Å². The molecule has 1 aromatic carbocycles. The number of aromatic nitrogens is 1. The van der Waals surface area contributed by atoms with Crippen molar-refractivity contribution in [1.29, 1.82) is 0 Å². The number of benzene rings is 1. The molecule has 1 heterocycles. The highest BCUT2D eigenvalue weighted by molar-refractivity contribution is 6.31. The highest BCUT2D eigenvalue weighted by atomic mass is 35.5. The molecule has 0 aliphatic heterocycles. The zero-order valence-electron chi connectivity index (χ0n) is 7.33. The molecule has 0 unspecified atom stereocenters. The van der Waals surface area contributed by atoms with E-state index in [1.807, 2.05) is 24.4 Å². The molecule has 0 radical (unpaired) electrons. The Bertz CT molecular complexity index is 448. The van der Waals surface area contributed by atoms with E-state index < -0.39 is 0 Å². The lowest BCUT2D eigenvalue weighted by molar-refractivity contribution is 0.112. The van der Waals surface area contributed by atoms with Crippen molar-refractivity contribution >= 4 is 17.9 Å². The van der Waals surface area contributed by atoms with Gasteiger partial charge in [-0.3, -0.25) is 4.79 Å². The summed E-state index contributed by atoms with van der Waals surface area (Å²) in [6, 6.07) is 9.06. The highest BCUT2D eigenvalue weighted by Crippen LogP contribution is 2.23. The molecule has 1 aromatic heterocycles. The predicted octanol–water partition coefficient (Wildman–Crippen LogP) is 3.15. The van der Waals surface area contributed by atoms with E-state index >= 15 is 0 Å². The molecule has 2 rings (SSSR count). The van der Waals surface area contributed by atoms with Gasteiger partial charge in [-0.1, -0.05) is 17.7 Å². The molecule has 0 saturated carbocycles. The molecule has 0 saturated heterocycles. The van der Waals surface area contributed by atoms with Crippen LogP contribution in [0.3, 0.4) is 0 Å². The summed E-state index contributed by atoms with van der Waals surface area (Å²) in [5, 5.41) is 0.572. The number of nitrogens with one attached hydrogen (secondary N) is 1. The van der Waals surface area contributed by atoms with Gasteiger partial charge in [0.15, 0.2) is 6.29 Å². The van der Waals surface area contributed by atoms with Crippen LogP contribution in [-0.2, 0) is 0 Å². The largest absolute Gasteiger partial charge is 0.361 e. The summed E-state index contributed by atoms with van der Waals surface area (Å²) in [6.07, 6.45) is 2.63. The van der Waals surface area contributed by atoms with E-state index in [0.717, 1.165) is 17.5 Å². The van der Waals surface area contributed by atoms with Crippen LogP contribution in [0.1, 0.15) is 10.4 Å². The molecule has 0 aliphatic carbocycles. The van der Waals surface area contributed by atoms with Crippen molar-refractivity contribution in [3.05, 3.63) is 47.1 Å². The summed E-state index contributed by atoms with van der Waals surface area (Å²) < 4.78 is 0. The molecule has 0 spiro atoms. The fraction of sp³-hybridized carbons (Fsp3) is 0. The van der Waals surface area contributed by atoms with E-state index in [-0.39, 0.29) is 0 Å². The van der Waals surface area contributed by atoms with Gasteiger partial charge in [-0.25, -0.2) is 0 Å². The van der Waals surface area contributed by atoms with Crippen LogP contribution in [-0.4, -0.2) is 11.3 Å². The smallest absolute Gasteiger partial charge is 0.150 e. The Balaban J connectivity index is 2.58. The number of aromatic amines is 1. The van der Waals surface area contributed by atoms with E-state index in [1.54, 1.807) is 12.1 Å². The second-order valence-corrected chi connectivity index (χ2v) is 3.37. The monoisotopic (exact) mass is 205 g/mol. The van der Waals surface area contributed by atoms with Gasteiger partial charge in [0, 0.05) is 28.0 Å². The molecular weight excluding hydrogens is 198 g/mol. The fourth-order valence-electron chi connectivity index (χ4n) is 1.37. The van der Waals surface area contributed by atoms with Gasteiger partial charge in [0.1, 0.15) is 0 Å². The second kappa shape index (κ2) is 3.68. The average Bonchev–Trinajstić information content (AvgIpc) is 2.70. The molecule has 1 N–H and O–H groups in total. The fourth-order valence-corrected chi connectivity index (χ4v) is 1.55. The van der Waals surface area contributed by atoms with Gasteiger partial charge in [-0.15, -0.1) is 0 Å². The lowest BCUT2D eigenvalue weighted by Crippen LogP contribution is -1.87. The third kappa shape index (κ3) is 1.56. The lowest BCUT2D eigenvalue weighted by Gasteiger charge is -2.02. The van der Waals surface area contributed by atoms with Crippen LogP contribution in [0, 0.1) is 0 Å². The molecule has 0 bridgehead atoms. The summed E-state index contributed by atoms with van der Waals surface area (Å²) in [5.41, 5.74) is 2.39. The van der Waals surface area contributed by atoms with Crippen molar-refractivity contribution in [3.63, 3.8) is 0 Å². The summed E-state index contributed by atoms with van der Waals surface area (Å²) >= 11 is 5.79. The number of carbonyl (C=O) groups is 1. The number of H-pyrrole nitrogens is 1. The van der Waals surface area contributed by atoms with E-state index in [1.165, 1.54) is 0 Å². The molecule has 0 aliphatic rings. The maximum Gasteiger partial charge on any atom is 0.150 e. The quantitative estimate of drug-likeness (QED) is 0.751. The first-order chi connectivity index (χ1) is 6.81. The Labute approximate surface area is 86.5 Å². The standard InChI is InChI=1S/C11H8ClNO/c12-9-3-4-10(8(6-9)7-14)11-2-1-5-13-11/h1-7,13H. The zero-order valence-corrected chi connectivity index (χ0v) is 8.08. The van der Waals surface area contributed by atoms with Crippen molar-refractivity contribution in [2.45, 2.75) is 0 Å². The first-order valence-corrected chi connectivity index (χ1v) is 4.57. The second-order valence-electron chi connectivity index (χ2n) is 2.93. The summed E-state index contributed by atoms with van der Waals surface area (Å²) in [6.45, 7) is 0. The number of rotatable bonds is 2. The van der Waals surface area contributed by atoms with Gasteiger partial charge in [0.05, 0.1) is 0 Å². The van der Waals surface area contributed by atoms with Gasteiger partial charge in [-0.05, 0) is 24.3 Å². The van der Waals surface area contributed by atoms with Gasteiger partial charge in [0.2, 0.25) is 0 Å². The third-order valence-electron chi connectivity index (χ3n) is 2.03. The van der Waals surface area contributed by atoms with Crippen molar-refractivity contribution in [2.24, 2.45) is 0 Å². The summed E-state index contributed by atoms with van der Waals surface area (Å²) in [7, 11) is 0. The first kappa shape index (κ1) is 9.03. The minimum Gasteiger partial charge on any atom is -0.361 e. The Hall–Kier alpha value is -1.54. The van der Waals surface area contributed by atoms with E-state index in [9.17, 15) is 4.79 Å².